The summed E-state index contributed by atoms with van der Waals surface area (Å²) in [5.41, 5.74) is 1.81. The van der Waals surface area contributed by atoms with Crippen LogP contribution < -0.4 is 0 Å². The van der Waals surface area contributed by atoms with Gasteiger partial charge in [0.2, 0.25) is 0 Å². The number of nitrogens with zero attached hydrogens (tertiary/aromatic N) is 2. The van der Waals surface area contributed by atoms with Crippen molar-refractivity contribution in [2.75, 3.05) is 7.11 Å². The number of aromatic nitrogens is 2. The molecule has 0 N–H and O–H groups in total. The summed E-state index contributed by atoms with van der Waals surface area (Å²) in [5, 5.41) is 1.05. The van der Waals surface area contributed by atoms with E-state index in [9.17, 15) is 0 Å². The molecule has 1 aliphatic rings. The van der Waals surface area contributed by atoms with Crippen molar-refractivity contribution in [1.82, 2.24) is 9.55 Å². The lowest BCUT2D eigenvalue weighted by Gasteiger charge is -2.22. The van der Waals surface area contributed by atoms with Crippen LogP contribution in [0.15, 0.2) is 12.1 Å². The van der Waals surface area contributed by atoms with Gasteiger partial charge in [0.1, 0.15) is 5.82 Å². The Labute approximate surface area is 132 Å². The highest BCUT2D eigenvalue weighted by Gasteiger charge is 2.31. The third-order valence-corrected chi connectivity index (χ3v) is 4.94. The maximum atomic E-state index is 6.15. The van der Waals surface area contributed by atoms with Crippen LogP contribution in [0.5, 0.6) is 0 Å². The number of hydrogen-bond acceptors (Lipinski definition) is 2. The number of methoxy groups -OCH3 is 1. The molecule has 1 heterocycles. The number of rotatable bonds is 3. The molecule has 0 saturated heterocycles. The normalized spacial score (nSPS) is 22.8. The molecule has 0 aliphatic heterocycles. The zero-order chi connectivity index (χ0) is 14.3. The van der Waals surface area contributed by atoms with E-state index in [1.165, 1.54) is 0 Å². The fourth-order valence-electron chi connectivity index (χ4n) is 3.08. The van der Waals surface area contributed by atoms with Crippen molar-refractivity contribution in [3.63, 3.8) is 0 Å². The van der Waals surface area contributed by atoms with E-state index >= 15 is 0 Å². The van der Waals surface area contributed by atoms with Gasteiger partial charge < -0.3 is 9.30 Å². The van der Waals surface area contributed by atoms with Gasteiger partial charge in [0.15, 0.2) is 0 Å². The highest BCUT2D eigenvalue weighted by molar-refractivity contribution is 6.42. The molecule has 3 rings (SSSR count). The van der Waals surface area contributed by atoms with Crippen LogP contribution in [-0.2, 0) is 10.6 Å². The van der Waals surface area contributed by atoms with Crippen LogP contribution in [0.3, 0.4) is 0 Å². The summed E-state index contributed by atoms with van der Waals surface area (Å²) in [7, 11) is 1.76. The first kappa shape index (κ1) is 14.5. The van der Waals surface area contributed by atoms with Crippen molar-refractivity contribution in [1.29, 1.82) is 0 Å². The highest BCUT2D eigenvalue weighted by Crippen LogP contribution is 2.37. The lowest BCUT2D eigenvalue weighted by molar-refractivity contribution is 0.0755. The van der Waals surface area contributed by atoms with Crippen LogP contribution in [0.4, 0.5) is 0 Å². The Bertz CT molecular complexity index is 641. The molecule has 2 atom stereocenters. The van der Waals surface area contributed by atoms with Gasteiger partial charge in [-0.25, -0.2) is 4.98 Å². The largest absolute Gasteiger partial charge is 0.379 e. The van der Waals surface area contributed by atoms with Crippen molar-refractivity contribution < 1.29 is 4.74 Å². The molecule has 6 heteroatoms. The summed E-state index contributed by atoms with van der Waals surface area (Å²) < 4.78 is 7.77. The lowest BCUT2D eigenvalue weighted by atomic mass is 10.2. The minimum absolute atomic E-state index is 0.198. The van der Waals surface area contributed by atoms with E-state index in [1.807, 2.05) is 6.07 Å². The summed E-state index contributed by atoms with van der Waals surface area (Å²) in [4.78, 5) is 4.58. The smallest absolute Gasteiger partial charge is 0.125 e. The fourth-order valence-corrected chi connectivity index (χ4v) is 3.59. The van der Waals surface area contributed by atoms with Crippen molar-refractivity contribution in [2.45, 2.75) is 37.3 Å². The highest BCUT2D eigenvalue weighted by atomic mass is 35.5. The molecular formula is C14H15Cl3N2O. The van der Waals surface area contributed by atoms with Gasteiger partial charge in [-0.15, -0.1) is 11.6 Å². The summed E-state index contributed by atoms with van der Waals surface area (Å²) in [5.74, 6) is 1.20. The summed E-state index contributed by atoms with van der Waals surface area (Å²) in [6.07, 6.45) is 3.47. The van der Waals surface area contributed by atoms with Gasteiger partial charge in [0, 0.05) is 7.11 Å². The van der Waals surface area contributed by atoms with Crippen LogP contribution in [0.25, 0.3) is 11.0 Å². The van der Waals surface area contributed by atoms with Gasteiger partial charge in [0.05, 0.1) is 39.1 Å². The molecule has 1 aliphatic carbocycles. The maximum absolute atomic E-state index is 6.15. The van der Waals surface area contributed by atoms with Crippen molar-refractivity contribution in [2.24, 2.45) is 0 Å². The van der Waals surface area contributed by atoms with Gasteiger partial charge in [-0.1, -0.05) is 23.2 Å². The number of benzene rings is 1. The summed E-state index contributed by atoms with van der Waals surface area (Å²) in [6.45, 7) is 0. The van der Waals surface area contributed by atoms with E-state index in [1.54, 1.807) is 13.2 Å². The maximum Gasteiger partial charge on any atom is 0.125 e. The van der Waals surface area contributed by atoms with Crippen LogP contribution >= 0.6 is 34.8 Å². The summed E-state index contributed by atoms with van der Waals surface area (Å²) in [6, 6.07) is 3.92. The van der Waals surface area contributed by atoms with Crippen molar-refractivity contribution in [3.8, 4) is 0 Å². The Balaban J connectivity index is 2.19. The fraction of sp³-hybridized carbons (Fsp3) is 0.500. The first-order valence-electron chi connectivity index (χ1n) is 6.60. The average Bonchev–Trinajstić information content (AvgIpc) is 3.02. The van der Waals surface area contributed by atoms with Crippen LogP contribution in [0, 0.1) is 0 Å². The summed E-state index contributed by atoms with van der Waals surface area (Å²) >= 11 is 18.3. The predicted octanol–water partition coefficient (Wildman–Crippen LogP) is 4.82. The topological polar surface area (TPSA) is 27.1 Å². The third kappa shape index (κ3) is 2.31. The zero-order valence-electron chi connectivity index (χ0n) is 11.1. The van der Waals surface area contributed by atoms with Crippen molar-refractivity contribution >= 4 is 45.8 Å². The number of halogens is 3. The molecule has 20 heavy (non-hydrogen) atoms. The van der Waals surface area contributed by atoms with Gasteiger partial charge in [-0.05, 0) is 31.4 Å². The Morgan fingerprint density at radius 2 is 2.05 bits per heavy atom. The second kappa shape index (κ2) is 5.72. The Morgan fingerprint density at radius 3 is 2.75 bits per heavy atom. The molecular weight excluding hydrogens is 319 g/mol. The zero-order valence-corrected chi connectivity index (χ0v) is 13.3. The molecule has 3 nitrogen and oxygen atoms in total. The molecule has 1 fully saturated rings. The molecule has 0 spiro atoms. The first-order chi connectivity index (χ1) is 9.65. The SMILES string of the molecule is COC1CCCC1n1c(CCl)nc2cc(Cl)c(Cl)cc21. The third-order valence-electron chi connectivity index (χ3n) is 3.98. The molecule has 0 radical (unpaired) electrons. The van der Waals surface area contributed by atoms with Gasteiger partial charge in [-0.3, -0.25) is 0 Å². The second-order valence-electron chi connectivity index (χ2n) is 5.06. The number of ether oxygens (including phenoxy) is 1. The number of imidazole rings is 1. The molecule has 0 bridgehead atoms. The van der Waals surface area contributed by atoms with E-state index in [-0.39, 0.29) is 12.1 Å². The van der Waals surface area contributed by atoms with E-state index in [4.69, 9.17) is 39.5 Å². The monoisotopic (exact) mass is 332 g/mol. The Kier molecular flexibility index (Phi) is 4.14. The minimum Gasteiger partial charge on any atom is -0.379 e. The minimum atomic E-state index is 0.198. The standard InChI is InChI=1S/C14H15Cl3N2O/c1-20-13-4-2-3-11(13)19-12-6-9(17)8(16)5-10(12)18-14(19)7-15/h5-6,11,13H,2-4,7H2,1H3. The predicted molar refractivity (Wildman–Crippen MR) is 83.0 cm³/mol. The average molecular weight is 334 g/mol. The van der Waals surface area contributed by atoms with E-state index in [0.29, 0.717) is 15.9 Å². The second-order valence-corrected chi connectivity index (χ2v) is 6.14. The van der Waals surface area contributed by atoms with Gasteiger partial charge in [-0.2, -0.15) is 0 Å². The number of hydrogen-bond donors (Lipinski definition) is 0. The molecule has 1 aromatic carbocycles. The first-order valence-corrected chi connectivity index (χ1v) is 7.89. The lowest BCUT2D eigenvalue weighted by Crippen LogP contribution is -2.22. The van der Waals surface area contributed by atoms with Gasteiger partial charge >= 0.3 is 0 Å². The molecule has 2 unspecified atom stereocenters. The van der Waals surface area contributed by atoms with E-state index in [0.717, 1.165) is 36.1 Å². The Morgan fingerprint density at radius 1 is 1.30 bits per heavy atom. The number of alkyl halides is 1. The molecule has 0 amide bonds. The van der Waals surface area contributed by atoms with E-state index in [2.05, 4.69) is 9.55 Å². The van der Waals surface area contributed by atoms with Crippen LogP contribution in [0.2, 0.25) is 10.0 Å². The molecule has 2 aromatic rings. The van der Waals surface area contributed by atoms with Crippen LogP contribution in [-0.4, -0.2) is 22.8 Å². The Hall–Kier alpha value is -0.480. The molecule has 108 valence electrons. The van der Waals surface area contributed by atoms with Gasteiger partial charge in [0.25, 0.3) is 0 Å². The van der Waals surface area contributed by atoms with Crippen LogP contribution in [0.1, 0.15) is 31.1 Å². The molecule has 1 saturated carbocycles. The number of fused-ring (bicyclic) bond motifs is 1. The molecule has 1 aromatic heterocycles. The van der Waals surface area contributed by atoms with E-state index < -0.39 is 0 Å². The van der Waals surface area contributed by atoms with Crippen molar-refractivity contribution in [3.05, 3.63) is 28.0 Å². The quantitative estimate of drug-likeness (QED) is 0.753.